The summed E-state index contributed by atoms with van der Waals surface area (Å²) >= 11 is 0. The molecule has 0 spiro atoms. The van der Waals surface area contributed by atoms with Crippen LogP contribution in [0.5, 0.6) is 0 Å². The number of carbonyl (C=O) groups excluding carboxylic acids is 1. The Balaban J connectivity index is 4.35. The lowest BCUT2D eigenvalue weighted by Gasteiger charge is -2.06. The molecule has 6 nitrogen and oxygen atoms in total. The van der Waals surface area contributed by atoms with Crippen molar-refractivity contribution >= 4 is 5.97 Å². The van der Waals surface area contributed by atoms with Crippen LogP contribution in [0.1, 0.15) is 6.42 Å². The van der Waals surface area contributed by atoms with E-state index in [4.69, 9.17) is 20.4 Å². The first-order chi connectivity index (χ1) is 6.02. The highest BCUT2D eigenvalue weighted by Crippen LogP contribution is 2.07. The van der Waals surface area contributed by atoms with Crippen LogP contribution in [0.15, 0.2) is 11.5 Å². The van der Waals surface area contributed by atoms with Crippen LogP contribution in [0.3, 0.4) is 0 Å². The molecular formula is C7H12O6. The summed E-state index contributed by atoms with van der Waals surface area (Å²) in [6.07, 6.45) is -1.62. The molecule has 0 aliphatic carbocycles. The minimum absolute atomic E-state index is 0.405. The van der Waals surface area contributed by atoms with E-state index < -0.39 is 36.6 Å². The van der Waals surface area contributed by atoms with Crippen LogP contribution in [0.4, 0.5) is 0 Å². The highest BCUT2D eigenvalue weighted by Gasteiger charge is 2.16. The highest BCUT2D eigenvalue weighted by atomic mass is 16.5. The van der Waals surface area contributed by atoms with Crippen molar-refractivity contribution in [1.82, 2.24) is 0 Å². The van der Waals surface area contributed by atoms with Crippen molar-refractivity contribution in [2.45, 2.75) is 12.5 Å². The molecule has 0 bridgehead atoms. The second kappa shape index (κ2) is 5.39. The molecule has 76 valence electrons. The van der Waals surface area contributed by atoms with Gasteiger partial charge in [-0.3, -0.25) is 0 Å². The number of ether oxygens (including phenoxy) is 1. The minimum Gasteiger partial charge on any atom is -0.508 e. The Morgan fingerprint density at radius 3 is 2.38 bits per heavy atom. The predicted octanol–water partition coefficient (Wildman–Crippen LogP) is -0.770. The van der Waals surface area contributed by atoms with Crippen molar-refractivity contribution in [1.29, 1.82) is 0 Å². The molecule has 0 aliphatic heterocycles. The van der Waals surface area contributed by atoms with Gasteiger partial charge in [-0.25, -0.2) is 4.79 Å². The largest absolute Gasteiger partial charge is 0.508 e. The van der Waals surface area contributed by atoms with Gasteiger partial charge in [-0.2, -0.15) is 0 Å². The van der Waals surface area contributed by atoms with Crippen molar-refractivity contribution in [2.75, 3.05) is 13.7 Å². The normalized spacial score (nSPS) is 14.7. The molecule has 6 heteroatoms. The second-order valence-electron chi connectivity index (χ2n) is 2.33. The molecule has 0 unspecified atom stereocenters. The van der Waals surface area contributed by atoms with Gasteiger partial charge >= 0.3 is 5.97 Å². The van der Waals surface area contributed by atoms with Crippen LogP contribution in [0, 0.1) is 0 Å². The van der Waals surface area contributed by atoms with Crippen molar-refractivity contribution in [2.24, 2.45) is 0 Å². The lowest BCUT2D eigenvalue weighted by atomic mass is 10.2. The summed E-state index contributed by atoms with van der Waals surface area (Å²) in [6.45, 7) is -0.571. The van der Waals surface area contributed by atoms with Crippen LogP contribution in [-0.2, 0) is 9.53 Å². The smallest absolute Gasteiger partial charge is 0.376 e. The quantitative estimate of drug-likeness (QED) is 0.265. The van der Waals surface area contributed by atoms with Gasteiger partial charge in [0.25, 0.3) is 0 Å². The molecule has 1 atom stereocenters. The maximum atomic E-state index is 10.6. The highest BCUT2D eigenvalue weighted by molar-refractivity contribution is 5.86. The van der Waals surface area contributed by atoms with Gasteiger partial charge in [-0.15, -0.1) is 0 Å². The van der Waals surface area contributed by atoms with Gasteiger partial charge in [0.2, 0.25) is 5.76 Å². The third-order valence-electron chi connectivity index (χ3n) is 1.29. The van der Waals surface area contributed by atoms with Gasteiger partial charge < -0.3 is 25.2 Å². The monoisotopic (exact) mass is 192 g/mol. The number of esters is 1. The first-order valence-electron chi connectivity index (χ1n) is 3.51. The minimum atomic E-state index is -1.22. The summed E-state index contributed by atoms with van der Waals surface area (Å²) in [5, 5.41) is 35.1. The lowest BCUT2D eigenvalue weighted by molar-refractivity contribution is -0.139. The van der Waals surface area contributed by atoms with Gasteiger partial charge in [0.05, 0.1) is 19.8 Å². The third kappa shape index (κ3) is 3.77. The van der Waals surface area contributed by atoms with Crippen LogP contribution in [-0.4, -0.2) is 46.2 Å². The second-order valence-corrected chi connectivity index (χ2v) is 2.33. The number of aliphatic hydroxyl groups excluding tert-OH is 4. The fraction of sp³-hybridized carbons (Fsp3) is 0.571. The average molecular weight is 192 g/mol. The summed E-state index contributed by atoms with van der Waals surface area (Å²) in [5.74, 6) is -2.77. The zero-order valence-electron chi connectivity index (χ0n) is 7.10. The van der Waals surface area contributed by atoms with Crippen LogP contribution in [0.2, 0.25) is 0 Å². The molecule has 0 aromatic rings. The number of aliphatic hydroxyl groups is 4. The van der Waals surface area contributed by atoms with Gasteiger partial charge in [-0.05, 0) is 0 Å². The fourth-order valence-corrected chi connectivity index (χ4v) is 0.599. The van der Waals surface area contributed by atoms with E-state index in [-0.39, 0.29) is 0 Å². The Hall–Kier alpha value is -1.27. The SMILES string of the molecule is COC(=O)/C(O)=C(/O)C[C@@H](O)CO. The van der Waals surface area contributed by atoms with Crippen molar-refractivity contribution in [3.05, 3.63) is 11.5 Å². The number of methoxy groups -OCH3 is 1. The van der Waals surface area contributed by atoms with Crippen molar-refractivity contribution < 1.29 is 30.0 Å². The Kier molecular flexibility index (Phi) is 4.86. The molecule has 0 saturated carbocycles. The van der Waals surface area contributed by atoms with Gasteiger partial charge in [-0.1, -0.05) is 0 Å². The van der Waals surface area contributed by atoms with Gasteiger partial charge in [0.15, 0.2) is 0 Å². The number of hydrogen-bond donors (Lipinski definition) is 4. The van der Waals surface area contributed by atoms with E-state index in [1.807, 2.05) is 0 Å². The fourth-order valence-electron chi connectivity index (χ4n) is 0.599. The molecule has 0 amide bonds. The summed E-state index contributed by atoms with van der Waals surface area (Å²) in [4.78, 5) is 10.6. The molecule has 0 aromatic carbocycles. The molecule has 0 rings (SSSR count). The molecule has 0 fully saturated rings. The summed E-state index contributed by atoms with van der Waals surface area (Å²) in [6, 6.07) is 0. The maximum Gasteiger partial charge on any atom is 0.376 e. The zero-order valence-corrected chi connectivity index (χ0v) is 7.10. The van der Waals surface area contributed by atoms with Crippen LogP contribution in [0.25, 0.3) is 0 Å². The van der Waals surface area contributed by atoms with E-state index in [1.54, 1.807) is 0 Å². The molecule has 13 heavy (non-hydrogen) atoms. The predicted molar refractivity (Wildman–Crippen MR) is 42.0 cm³/mol. The summed E-state index contributed by atoms with van der Waals surface area (Å²) < 4.78 is 4.10. The maximum absolute atomic E-state index is 10.6. The molecule has 4 N–H and O–H groups in total. The zero-order chi connectivity index (χ0) is 10.4. The molecule has 0 saturated heterocycles. The molecule has 0 radical (unpaired) electrons. The van der Waals surface area contributed by atoms with E-state index in [0.29, 0.717) is 0 Å². The number of carbonyl (C=O) groups is 1. The van der Waals surface area contributed by atoms with Gasteiger partial charge in [0.1, 0.15) is 5.76 Å². The third-order valence-corrected chi connectivity index (χ3v) is 1.29. The van der Waals surface area contributed by atoms with Crippen molar-refractivity contribution in [3.8, 4) is 0 Å². The molecule has 0 aromatic heterocycles. The Morgan fingerprint density at radius 1 is 1.46 bits per heavy atom. The Morgan fingerprint density at radius 2 is 2.00 bits per heavy atom. The Labute approximate surface area is 74.7 Å². The Bertz CT molecular complexity index is 209. The van der Waals surface area contributed by atoms with E-state index in [9.17, 15) is 4.79 Å². The van der Waals surface area contributed by atoms with E-state index >= 15 is 0 Å². The topological polar surface area (TPSA) is 107 Å². The number of hydrogen-bond acceptors (Lipinski definition) is 6. The summed E-state index contributed by atoms with van der Waals surface area (Å²) in [7, 11) is 1.04. The molecule has 0 heterocycles. The van der Waals surface area contributed by atoms with E-state index in [0.717, 1.165) is 7.11 Å². The molecule has 0 aliphatic rings. The standard InChI is InChI=1S/C7H12O6/c1-13-7(12)6(11)5(10)2-4(9)3-8/h4,8-11H,2-3H2,1H3/b6-5-/t4-/m1/s1. The first-order valence-corrected chi connectivity index (χ1v) is 3.51. The average Bonchev–Trinajstić information content (AvgIpc) is 2.14. The first kappa shape index (κ1) is 11.7. The lowest BCUT2D eigenvalue weighted by Crippen LogP contribution is -2.15. The van der Waals surface area contributed by atoms with Crippen LogP contribution < -0.4 is 0 Å². The van der Waals surface area contributed by atoms with E-state index in [2.05, 4.69) is 4.74 Å². The summed E-state index contributed by atoms with van der Waals surface area (Å²) in [5.41, 5.74) is 0. The van der Waals surface area contributed by atoms with Crippen LogP contribution >= 0.6 is 0 Å². The van der Waals surface area contributed by atoms with Crippen molar-refractivity contribution in [3.63, 3.8) is 0 Å². The number of rotatable bonds is 4. The van der Waals surface area contributed by atoms with Gasteiger partial charge in [0, 0.05) is 6.42 Å². The molecular weight excluding hydrogens is 180 g/mol. The van der Waals surface area contributed by atoms with E-state index in [1.165, 1.54) is 0 Å².